The molecule has 2 amide bonds. The summed E-state index contributed by atoms with van der Waals surface area (Å²) in [5.74, 6) is 6.37. The molecule has 2 aromatic heterocycles. The Hall–Kier alpha value is -4.25. The maximum atomic E-state index is 13.4. The normalized spacial score (nSPS) is 19.9. The molecule has 2 aliphatic heterocycles. The molecule has 0 spiro atoms. The second-order valence-electron chi connectivity index (χ2n) is 11.4. The number of piperidine rings is 1. The van der Waals surface area contributed by atoms with Gasteiger partial charge in [-0.3, -0.25) is 14.3 Å². The number of benzene rings is 2. The zero-order valence-electron chi connectivity index (χ0n) is 24.9. The molecule has 2 saturated heterocycles. The van der Waals surface area contributed by atoms with Gasteiger partial charge in [-0.1, -0.05) is 12.1 Å². The first-order chi connectivity index (χ1) is 20.9. The number of nitrogens with two attached hydrogens (primary N) is 1. The number of methoxy groups -OCH3 is 1. The highest BCUT2D eigenvalue weighted by Gasteiger charge is 2.40. The molecule has 2 aromatic carbocycles. The number of fused-ring (bicyclic) bond motifs is 3. The number of hydrogen-bond acceptors (Lipinski definition) is 7. The number of ether oxygens (including phenoxy) is 1. The predicted octanol–water partition coefficient (Wildman–Crippen LogP) is 5.04. The van der Waals surface area contributed by atoms with E-state index in [2.05, 4.69) is 27.0 Å². The molecular formula is C33H39N7O3. The molecule has 2 unspecified atom stereocenters. The summed E-state index contributed by atoms with van der Waals surface area (Å²) in [4.78, 5) is 34.6. The van der Waals surface area contributed by atoms with Crippen LogP contribution < -0.4 is 21.1 Å². The van der Waals surface area contributed by atoms with Crippen molar-refractivity contribution in [1.82, 2.24) is 19.8 Å². The summed E-state index contributed by atoms with van der Waals surface area (Å²) in [7, 11) is 3.43. The Balaban J connectivity index is 1.16. The molecule has 4 aromatic rings. The molecule has 0 radical (unpaired) electrons. The fraction of sp³-hybridized carbons (Fsp3) is 0.364. The van der Waals surface area contributed by atoms with E-state index in [0.717, 1.165) is 46.7 Å². The topological polar surface area (TPSA) is 109 Å². The predicted molar refractivity (Wildman–Crippen MR) is 169 cm³/mol. The highest BCUT2D eigenvalue weighted by atomic mass is 16.5. The highest BCUT2D eigenvalue weighted by molar-refractivity contribution is 6.05. The van der Waals surface area contributed by atoms with E-state index < -0.39 is 0 Å². The Morgan fingerprint density at radius 3 is 2.42 bits per heavy atom. The molecule has 10 nitrogen and oxygen atoms in total. The molecule has 0 aliphatic carbocycles. The van der Waals surface area contributed by atoms with Crippen LogP contribution in [-0.4, -0.2) is 65.3 Å². The van der Waals surface area contributed by atoms with Gasteiger partial charge in [0.05, 0.1) is 11.6 Å². The summed E-state index contributed by atoms with van der Waals surface area (Å²) in [6.45, 7) is 3.61. The van der Waals surface area contributed by atoms with Gasteiger partial charge in [-0.15, -0.1) is 0 Å². The average molecular weight is 582 g/mol. The molecule has 2 aliphatic rings. The van der Waals surface area contributed by atoms with Crippen LogP contribution in [0.2, 0.25) is 0 Å². The van der Waals surface area contributed by atoms with Crippen molar-refractivity contribution in [3.63, 3.8) is 0 Å². The van der Waals surface area contributed by atoms with E-state index in [1.54, 1.807) is 24.0 Å². The summed E-state index contributed by atoms with van der Waals surface area (Å²) in [5.41, 5.74) is 4.32. The third kappa shape index (κ3) is 5.61. The first kappa shape index (κ1) is 28.9. The van der Waals surface area contributed by atoms with Crippen LogP contribution in [0.25, 0.3) is 10.9 Å². The third-order valence-electron chi connectivity index (χ3n) is 8.98. The van der Waals surface area contributed by atoms with Crippen molar-refractivity contribution >= 4 is 40.0 Å². The van der Waals surface area contributed by atoms with E-state index in [9.17, 15) is 9.59 Å². The molecule has 3 atom stereocenters. The van der Waals surface area contributed by atoms with Gasteiger partial charge >= 0.3 is 6.03 Å². The lowest BCUT2D eigenvalue weighted by Gasteiger charge is -2.38. The maximum absolute atomic E-state index is 13.4. The highest BCUT2D eigenvalue weighted by Crippen LogP contribution is 2.38. The van der Waals surface area contributed by atoms with Crippen molar-refractivity contribution in [2.24, 2.45) is 5.84 Å². The molecule has 4 heterocycles. The number of nitrogens with zero attached hydrogens (tertiary/aromatic N) is 5. The lowest BCUT2D eigenvalue weighted by atomic mass is 9.98. The third-order valence-corrected chi connectivity index (χ3v) is 8.98. The van der Waals surface area contributed by atoms with Gasteiger partial charge in [-0.2, -0.15) is 0 Å². The van der Waals surface area contributed by atoms with Gasteiger partial charge in [0.2, 0.25) is 0 Å². The van der Waals surface area contributed by atoms with Crippen LogP contribution in [0.4, 0.5) is 22.0 Å². The summed E-state index contributed by atoms with van der Waals surface area (Å²) in [5, 5.41) is 4.71. The van der Waals surface area contributed by atoms with Gasteiger partial charge in [0, 0.05) is 80.1 Å². The number of aromatic nitrogens is 2. The Labute approximate surface area is 252 Å². The molecule has 2 fully saturated rings. The van der Waals surface area contributed by atoms with Crippen LogP contribution in [0.3, 0.4) is 0 Å². The molecular weight excluding hydrogens is 542 g/mol. The average Bonchev–Trinajstić information content (AvgIpc) is 3.56. The van der Waals surface area contributed by atoms with Gasteiger partial charge in [-0.05, 0) is 80.6 Å². The Morgan fingerprint density at radius 1 is 1.02 bits per heavy atom. The molecule has 10 heteroatoms. The summed E-state index contributed by atoms with van der Waals surface area (Å²) in [6.07, 6.45) is 8.42. The molecule has 0 saturated carbocycles. The van der Waals surface area contributed by atoms with Crippen LogP contribution in [-0.2, 0) is 11.3 Å². The summed E-state index contributed by atoms with van der Waals surface area (Å²) >= 11 is 0. The standard InChI is InChI=1S/C33H39N7O3/c1-4-37(25-11-12-30-24(17-25)14-16-38(30)33(42)35-2)28-13-15-36-31(20-28)40(34)32(41)23-7-5-22(6-8-23)21-39-26-9-10-27(39)19-29(18-26)43-3/h5-8,11-17,20,26-27,29H,4,9-10,18-19,21,34H2,1-3H3,(H,35,42)/t26-,27?,29?/m1/s1. The van der Waals surface area contributed by atoms with Crippen LogP contribution in [0, 0.1) is 0 Å². The van der Waals surface area contributed by atoms with Crippen LogP contribution in [0.1, 0.15) is 48.5 Å². The van der Waals surface area contributed by atoms with E-state index in [1.165, 1.54) is 18.4 Å². The molecule has 224 valence electrons. The van der Waals surface area contributed by atoms with Gasteiger partial charge in [0.25, 0.3) is 5.91 Å². The number of hydrazine groups is 1. The molecule has 2 bridgehead atoms. The van der Waals surface area contributed by atoms with Crippen molar-refractivity contribution < 1.29 is 14.3 Å². The van der Waals surface area contributed by atoms with Crippen LogP contribution in [0.15, 0.2) is 73.1 Å². The van der Waals surface area contributed by atoms with Crippen LogP contribution in [0.5, 0.6) is 0 Å². The zero-order chi connectivity index (χ0) is 30.1. The van der Waals surface area contributed by atoms with Crippen molar-refractivity contribution in [3.05, 3.63) is 84.2 Å². The first-order valence-electron chi connectivity index (χ1n) is 14.9. The van der Waals surface area contributed by atoms with Crippen molar-refractivity contribution in [2.75, 3.05) is 30.6 Å². The Bertz CT molecular complexity index is 1600. The fourth-order valence-electron chi connectivity index (χ4n) is 6.70. The summed E-state index contributed by atoms with van der Waals surface area (Å²) in [6, 6.07) is 20.3. The molecule has 6 rings (SSSR count). The number of pyridine rings is 1. The van der Waals surface area contributed by atoms with Crippen molar-refractivity contribution in [3.8, 4) is 0 Å². The number of nitrogens with one attached hydrogen (secondary N) is 1. The number of carbonyl (C=O) groups excluding carboxylic acids is 2. The minimum atomic E-state index is -0.322. The molecule has 3 N–H and O–H groups in total. The Kier molecular flexibility index (Phi) is 8.16. The first-order valence-corrected chi connectivity index (χ1v) is 14.9. The number of anilines is 3. The minimum Gasteiger partial charge on any atom is -0.381 e. The SMILES string of the molecule is CCN(c1ccnc(N(N)C(=O)c2ccc(CN3C4CC[C@@H]3CC(OC)C4)cc2)c1)c1ccc2c(ccn2C(=O)NC)c1. The smallest absolute Gasteiger partial charge is 0.325 e. The monoisotopic (exact) mass is 581 g/mol. The van der Waals surface area contributed by atoms with Gasteiger partial charge in [0.15, 0.2) is 5.82 Å². The second kappa shape index (κ2) is 12.2. The minimum absolute atomic E-state index is 0.189. The van der Waals surface area contributed by atoms with Crippen molar-refractivity contribution in [2.45, 2.75) is 57.3 Å². The maximum Gasteiger partial charge on any atom is 0.325 e. The number of hydrogen-bond donors (Lipinski definition) is 2. The fourth-order valence-corrected chi connectivity index (χ4v) is 6.70. The van der Waals surface area contributed by atoms with E-state index in [0.29, 0.717) is 36.1 Å². The molecule has 43 heavy (non-hydrogen) atoms. The number of rotatable bonds is 8. The van der Waals surface area contributed by atoms with E-state index >= 15 is 0 Å². The lowest BCUT2D eigenvalue weighted by molar-refractivity contribution is 0.00251. The van der Waals surface area contributed by atoms with Gasteiger partial charge in [0.1, 0.15) is 0 Å². The zero-order valence-corrected chi connectivity index (χ0v) is 24.9. The van der Waals surface area contributed by atoms with Crippen molar-refractivity contribution in [1.29, 1.82) is 0 Å². The van der Waals surface area contributed by atoms with Gasteiger partial charge < -0.3 is 15.0 Å². The van der Waals surface area contributed by atoms with Gasteiger partial charge in [-0.25, -0.2) is 20.6 Å². The van der Waals surface area contributed by atoms with Crippen LogP contribution >= 0.6 is 0 Å². The lowest BCUT2D eigenvalue weighted by Crippen LogP contribution is -2.44. The largest absolute Gasteiger partial charge is 0.381 e. The van der Waals surface area contributed by atoms with E-state index in [4.69, 9.17) is 10.6 Å². The number of carbonyl (C=O) groups is 2. The second-order valence-corrected chi connectivity index (χ2v) is 11.4. The van der Waals surface area contributed by atoms with E-state index in [-0.39, 0.29) is 11.9 Å². The van der Waals surface area contributed by atoms with E-state index in [1.807, 2.05) is 67.8 Å². The Morgan fingerprint density at radius 2 is 1.74 bits per heavy atom. The quantitative estimate of drug-likeness (QED) is 0.170. The summed E-state index contributed by atoms with van der Waals surface area (Å²) < 4.78 is 7.23. The number of amides is 2.